The molecule has 0 atom stereocenters. The molecule has 0 aliphatic rings. The first-order chi connectivity index (χ1) is 13.1. The highest BCUT2D eigenvalue weighted by Gasteiger charge is 2.11. The van der Waals surface area contributed by atoms with Crippen LogP contribution in [-0.2, 0) is 14.8 Å². The van der Waals surface area contributed by atoms with Crippen molar-refractivity contribution in [2.75, 3.05) is 11.9 Å². The van der Waals surface area contributed by atoms with Gasteiger partial charge >= 0.3 is 5.63 Å². The lowest BCUT2D eigenvalue weighted by molar-refractivity contribution is -0.118. The summed E-state index contributed by atoms with van der Waals surface area (Å²) in [6.45, 7) is 3.26. The first kappa shape index (κ1) is 19.6. The zero-order valence-corrected chi connectivity index (χ0v) is 16.0. The summed E-state index contributed by atoms with van der Waals surface area (Å²) in [5.41, 5.74) is 1.75. The highest BCUT2D eigenvalue weighted by atomic mass is 32.2. The molecule has 8 nitrogen and oxygen atoms in total. The first-order valence-corrected chi connectivity index (χ1v) is 9.79. The van der Waals surface area contributed by atoms with Crippen LogP contribution in [0.3, 0.4) is 0 Å². The van der Waals surface area contributed by atoms with E-state index < -0.39 is 21.6 Å². The van der Waals surface area contributed by atoms with E-state index in [2.05, 4.69) is 5.32 Å². The van der Waals surface area contributed by atoms with E-state index in [9.17, 15) is 18.0 Å². The quantitative estimate of drug-likeness (QED) is 0.629. The second-order valence-electron chi connectivity index (χ2n) is 6.20. The molecule has 28 heavy (non-hydrogen) atoms. The normalized spacial score (nSPS) is 11.4. The number of hydrogen-bond acceptors (Lipinski definition) is 6. The summed E-state index contributed by atoms with van der Waals surface area (Å²) in [7, 11) is -3.79. The summed E-state index contributed by atoms with van der Waals surface area (Å²) in [5.74, 6) is -0.0661. The molecule has 1 heterocycles. The maximum atomic E-state index is 12.0. The number of rotatable bonds is 5. The van der Waals surface area contributed by atoms with E-state index in [1.54, 1.807) is 25.1 Å². The van der Waals surface area contributed by atoms with Gasteiger partial charge in [-0.3, -0.25) is 4.79 Å². The van der Waals surface area contributed by atoms with Crippen LogP contribution in [0.2, 0.25) is 0 Å². The number of hydrogen-bond donors (Lipinski definition) is 2. The summed E-state index contributed by atoms with van der Waals surface area (Å²) in [6.07, 6.45) is 0. The number of carbonyl (C=O) groups is 1. The van der Waals surface area contributed by atoms with Gasteiger partial charge in [-0.2, -0.15) is 0 Å². The van der Waals surface area contributed by atoms with E-state index in [-0.39, 0.29) is 11.5 Å². The zero-order valence-electron chi connectivity index (χ0n) is 15.2. The Morgan fingerprint density at radius 2 is 1.79 bits per heavy atom. The van der Waals surface area contributed by atoms with Crippen molar-refractivity contribution in [1.82, 2.24) is 0 Å². The molecule has 0 unspecified atom stereocenters. The lowest BCUT2D eigenvalue weighted by atomic mass is 10.1. The second-order valence-corrected chi connectivity index (χ2v) is 7.77. The van der Waals surface area contributed by atoms with Crippen molar-refractivity contribution >= 4 is 32.6 Å². The van der Waals surface area contributed by atoms with Crippen LogP contribution in [0.15, 0.2) is 56.6 Å². The highest BCUT2D eigenvalue weighted by molar-refractivity contribution is 7.89. The van der Waals surface area contributed by atoms with Gasteiger partial charge in [-0.1, -0.05) is 0 Å². The molecule has 0 saturated heterocycles. The third-order valence-electron chi connectivity index (χ3n) is 4.26. The Hall–Kier alpha value is -3.17. The van der Waals surface area contributed by atoms with Gasteiger partial charge in [0.05, 0.1) is 4.90 Å². The standard InChI is InChI=1S/C19H18N2O6S/c1-11-12(2)19(23)27-17-9-14(5-8-16(11)17)26-10-18(22)21-13-3-6-15(7-4-13)28(20,24)25/h3-9H,10H2,1-2H3,(H,21,22)(H2,20,24,25). The lowest BCUT2D eigenvalue weighted by Gasteiger charge is -2.09. The number of benzene rings is 2. The van der Waals surface area contributed by atoms with E-state index in [0.717, 1.165) is 10.9 Å². The number of anilines is 1. The maximum Gasteiger partial charge on any atom is 0.339 e. The van der Waals surface area contributed by atoms with E-state index in [0.29, 0.717) is 22.6 Å². The molecule has 0 radical (unpaired) electrons. The molecule has 3 rings (SSSR count). The van der Waals surface area contributed by atoms with Crippen molar-refractivity contribution in [3.63, 3.8) is 0 Å². The molecule has 1 amide bonds. The van der Waals surface area contributed by atoms with Crippen molar-refractivity contribution in [3.05, 3.63) is 64.0 Å². The lowest BCUT2D eigenvalue weighted by Crippen LogP contribution is -2.20. The topological polar surface area (TPSA) is 129 Å². The highest BCUT2D eigenvalue weighted by Crippen LogP contribution is 2.24. The predicted molar refractivity (Wildman–Crippen MR) is 104 cm³/mol. The van der Waals surface area contributed by atoms with Gasteiger partial charge in [0.2, 0.25) is 10.0 Å². The Labute approximate surface area is 161 Å². The van der Waals surface area contributed by atoms with E-state index in [4.69, 9.17) is 14.3 Å². The van der Waals surface area contributed by atoms with Gasteiger partial charge in [0.15, 0.2) is 6.61 Å². The predicted octanol–water partition coefficient (Wildman–Crippen LogP) is 2.07. The number of fused-ring (bicyclic) bond motifs is 1. The van der Waals surface area contributed by atoms with Crippen LogP contribution in [0.5, 0.6) is 5.75 Å². The van der Waals surface area contributed by atoms with Crippen LogP contribution >= 0.6 is 0 Å². The third-order valence-corrected chi connectivity index (χ3v) is 5.19. The summed E-state index contributed by atoms with van der Waals surface area (Å²) < 4.78 is 33.2. The van der Waals surface area contributed by atoms with Crippen molar-refractivity contribution in [2.45, 2.75) is 18.7 Å². The SMILES string of the molecule is Cc1c(C)c2ccc(OCC(=O)Nc3ccc(S(N)(=O)=O)cc3)cc2oc1=O. The van der Waals surface area contributed by atoms with E-state index in [1.807, 2.05) is 6.92 Å². The number of sulfonamides is 1. The summed E-state index contributed by atoms with van der Waals surface area (Å²) in [5, 5.41) is 8.40. The van der Waals surface area contributed by atoms with Gasteiger partial charge in [0, 0.05) is 22.7 Å². The molecule has 1 aromatic heterocycles. The smallest absolute Gasteiger partial charge is 0.339 e. The van der Waals surface area contributed by atoms with Crippen LogP contribution in [0.1, 0.15) is 11.1 Å². The van der Waals surface area contributed by atoms with Crippen LogP contribution in [-0.4, -0.2) is 20.9 Å². The van der Waals surface area contributed by atoms with Gasteiger partial charge in [-0.25, -0.2) is 18.4 Å². The minimum absolute atomic E-state index is 0.0510. The molecule has 0 aliphatic heterocycles. The number of primary sulfonamides is 1. The fourth-order valence-electron chi connectivity index (χ4n) is 2.59. The number of ether oxygens (including phenoxy) is 1. The summed E-state index contributed by atoms with van der Waals surface area (Å²) in [4.78, 5) is 23.8. The van der Waals surface area contributed by atoms with Crippen molar-refractivity contribution < 1.29 is 22.4 Å². The largest absolute Gasteiger partial charge is 0.484 e. The monoisotopic (exact) mass is 402 g/mol. The minimum Gasteiger partial charge on any atom is -0.484 e. The van der Waals surface area contributed by atoms with Crippen LogP contribution in [0.25, 0.3) is 11.0 Å². The van der Waals surface area contributed by atoms with Gasteiger partial charge in [0.25, 0.3) is 5.91 Å². The molecule has 0 spiro atoms. The number of nitrogens with one attached hydrogen (secondary N) is 1. The molecule has 0 bridgehead atoms. The Balaban J connectivity index is 1.67. The molecule has 146 valence electrons. The Morgan fingerprint density at radius 3 is 2.43 bits per heavy atom. The number of nitrogens with two attached hydrogens (primary N) is 1. The molecule has 9 heteroatoms. The molecule has 0 fully saturated rings. The average molecular weight is 402 g/mol. The molecular weight excluding hydrogens is 384 g/mol. The van der Waals surface area contributed by atoms with Crippen molar-refractivity contribution in [2.24, 2.45) is 5.14 Å². The minimum atomic E-state index is -3.79. The van der Waals surface area contributed by atoms with E-state index in [1.165, 1.54) is 24.3 Å². The Bertz CT molecular complexity index is 1210. The molecule has 3 N–H and O–H groups in total. The van der Waals surface area contributed by atoms with Crippen molar-refractivity contribution in [1.29, 1.82) is 0 Å². The molecule has 0 saturated carbocycles. The maximum absolute atomic E-state index is 12.0. The van der Waals surface area contributed by atoms with Crippen LogP contribution in [0, 0.1) is 13.8 Å². The first-order valence-electron chi connectivity index (χ1n) is 8.25. The molecule has 3 aromatic rings. The Morgan fingerprint density at radius 1 is 1.11 bits per heavy atom. The van der Waals surface area contributed by atoms with E-state index >= 15 is 0 Å². The number of aryl methyl sites for hydroxylation is 1. The van der Waals surface area contributed by atoms with Gasteiger partial charge in [-0.15, -0.1) is 0 Å². The average Bonchev–Trinajstić information content (AvgIpc) is 2.64. The fraction of sp³-hybridized carbons (Fsp3) is 0.158. The zero-order chi connectivity index (χ0) is 20.5. The van der Waals surface area contributed by atoms with Crippen LogP contribution in [0.4, 0.5) is 5.69 Å². The molecule has 2 aromatic carbocycles. The second kappa shape index (κ2) is 7.45. The number of carbonyl (C=O) groups excluding carboxylic acids is 1. The molecule has 0 aliphatic carbocycles. The van der Waals surface area contributed by atoms with Gasteiger partial charge in [0.1, 0.15) is 11.3 Å². The van der Waals surface area contributed by atoms with Crippen molar-refractivity contribution in [3.8, 4) is 5.75 Å². The summed E-state index contributed by atoms with van der Waals surface area (Å²) >= 11 is 0. The van der Waals surface area contributed by atoms with Gasteiger partial charge in [-0.05, 0) is 55.8 Å². The van der Waals surface area contributed by atoms with Crippen LogP contribution < -0.4 is 20.8 Å². The Kier molecular flexibility index (Phi) is 5.21. The number of amides is 1. The summed E-state index contributed by atoms with van der Waals surface area (Å²) in [6, 6.07) is 10.4. The van der Waals surface area contributed by atoms with Gasteiger partial charge < -0.3 is 14.5 Å². The fourth-order valence-corrected chi connectivity index (χ4v) is 3.11. The third kappa shape index (κ3) is 4.21. The molecular formula is C19H18N2O6S.